The van der Waals surface area contributed by atoms with E-state index in [1.54, 1.807) is 0 Å². The smallest absolute Gasteiger partial charge is 0.305 e. The van der Waals surface area contributed by atoms with Gasteiger partial charge in [-0.3, -0.25) is 4.79 Å². The van der Waals surface area contributed by atoms with Crippen molar-refractivity contribution in [2.24, 2.45) is 11.8 Å². The summed E-state index contributed by atoms with van der Waals surface area (Å²) in [5.41, 5.74) is 1.14. The Morgan fingerprint density at radius 1 is 1.27 bits per heavy atom. The van der Waals surface area contributed by atoms with Crippen molar-refractivity contribution in [2.45, 2.75) is 31.1 Å². The highest BCUT2D eigenvalue weighted by molar-refractivity contribution is 9.10. The highest BCUT2D eigenvalue weighted by atomic mass is 79.9. The van der Waals surface area contributed by atoms with Gasteiger partial charge in [-0.05, 0) is 48.8 Å². The van der Waals surface area contributed by atoms with Gasteiger partial charge in [-0.1, -0.05) is 40.2 Å². The predicted octanol–water partition coefficient (Wildman–Crippen LogP) is 5.04. The third kappa shape index (κ3) is 3.05. The molecule has 0 N–H and O–H groups in total. The minimum Gasteiger partial charge on any atom is -0.469 e. The second-order valence-electron chi connectivity index (χ2n) is 5.89. The summed E-state index contributed by atoms with van der Waals surface area (Å²) >= 11 is 3.50. The monoisotopic (exact) mass is 362 g/mol. The van der Waals surface area contributed by atoms with Gasteiger partial charge in [0.1, 0.15) is 0 Å². The van der Waals surface area contributed by atoms with Crippen molar-refractivity contribution in [1.29, 1.82) is 0 Å². The van der Waals surface area contributed by atoms with E-state index in [-0.39, 0.29) is 11.4 Å². The summed E-state index contributed by atoms with van der Waals surface area (Å²) in [4.78, 5) is 11.7. The van der Waals surface area contributed by atoms with Gasteiger partial charge in [0.25, 0.3) is 0 Å². The summed E-state index contributed by atoms with van der Waals surface area (Å²) in [5.74, 6) is 0.539. The molecule has 0 spiro atoms. The largest absolute Gasteiger partial charge is 0.469 e. The molecule has 1 fully saturated rings. The lowest BCUT2D eigenvalue weighted by molar-refractivity contribution is -0.141. The molecule has 118 valence electrons. The maximum atomic E-state index is 11.7. The summed E-state index contributed by atoms with van der Waals surface area (Å²) < 4.78 is 5.91. The standard InChI is InChI=1S/C19H23BrO2/c1-4-14-6-7-15(5-2)19(14,13-12-18(21)22-3)16-8-10-17(20)11-9-16/h4-5,8-11,14-15H,1-2,6-7,12-13H2,3H3/t14-,15-/m1/s1. The average Bonchev–Trinajstić information content (AvgIpc) is 2.91. The van der Waals surface area contributed by atoms with Crippen LogP contribution < -0.4 is 0 Å². The summed E-state index contributed by atoms with van der Waals surface area (Å²) in [6.45, 7) is 8.07. The minimum atomic E-state index is -0.158. The third-order valence-corrected chi connectivity index (χ3v) is 5.56. The Labute approximate surface area is 141 Å². The highest BCUT2D eigenvalue weighted by Gasteiger charge is 2.48. The van der Waals surface area contributed by atoms with Gasteiger partial charge in [-0.2, -0.15) is 0 Å². The molecule has 2 nitrogen and oxygen atoms in total. The molecule has 1 aliphatic rings. The second kappa shape index (κ2) is 7.28. The summed E-state index contributed by atoms with van der Waals surface area (Å²) in [6.07, 6.45) is 7.43. The van der Waals surface area contributed by atoms with Crippen LogP contribution in [0.4, 0.5) is 0 Å². The number of carbonyl (C=O) groups excluding carboxylic acids is 1. The van der Waals surface area contributed by atoms with Crippen LogP contribution in [0.3, 0.4) is 0 Å². The molecular weight excluding hydrogens is 340 g/mol. The van der Waals surface area contributed by atoms with Crippen molar-refractivity contribution in [3.05, 3.63) is 59.6 Å². The minimum absolute atomic E-state index is 0.113. The molecule has 0 amide bonds. The van der Waals surface area contributed by atoms with E-state index in [0.29, 0.717) is 18.3 Å². The number of rotatable bonds is 6. The number of allylic oxidation sites excluding steroid dienone is 2. The topological polar surface area (TPSA) is 26.3 Å². The van der Waals surface area contributed by atoms with E-state index in [1.807, 2.05) is 12.2 Å². The van der Waals surface area contributed by atoms with Crippen LogP contribution in [-0.4, -0.2) is 13.1 Å². The predicted molar refractivity (Wildman–Crippen MR) is 93.7 cm³/mol. The van der Waals surface area contributed by atoms with Gasteiger partial charge >= 0.3 is 5.97 Å². The number of hydrogen-bond donors (Lipinski definition) is 0. The molecule has 0 aromatic heterocycles. The van der Waals surface area contributed by atoms with Gasteiger partial charge in [-0.15, -0.1) is 13.2 Å². The zero-order valence-electron chi connectivity index (χ0n) is 13.1. The van der Waals surface area contributed by atoms with Crippen molar-refractivity contribution in [1.82, 2.24) is 0 Å². The second-order valence-corrected chi connectivity index (χ2v) is 6.80. The molecule has 1 aromatic rings. The Morgan fingerprint density at radius 3 is 2.27 bits per heavy atom. The molecule has 3 heteroatoms. The highest BCUT2D eigenvalue weighted by Crippen LogP contribution is 2.53. The zero-order chi connectivity index (χ0) is 16.2. The molecule has 0 radical (unpaired) electrons. The maximum absolute atomic E-state index is 11.7. The molecule has 0 heterocycles. The number of esters is 1. The molecule has 0 bridgehead atoms. The van der Waals surface area contributed by atoms with Crippen LogP contribution in [-0.2, 0) is 14.9 Å². The van der Waals surface area contributed by atoms with Crippen LogP contribution >= 0.6 is 15.9 Å². The normalized spacial score (nSPS) is 23.0. The van der Waals surface area contributed by atoms with Crippen LogP contribution in [0.5, 0.6) is 0 Å². The number of ether oxygens (including phenoxy) is 1. The van der Waals surface area contributed by atoms with E-state index >= 15 is 0 Å². The molecule has 1 aromatic carbocycles. The van der Waals surface area contributed by atoms with Crippen molar-refractivity contribution < 1.29 is 9.53 Å². The van der Waals surface area contributed by atoms with E-state index in [2.05, 4.69) is 53.4 Å². The van der Waals surface area contributed by atoms with Gasteiger partial charge in [0, 0.05) is 16.3 Å². The summed E-state index contributed by atoms with van der Waals surface area (Å²) in [5, 5.41) is 0. The number of halogens is 1. The Morgan fingerprint density at radius 2 is 1.82 bits per heavy atom. The first-order chi connectivity index (χ1) is 10.6. The lowest BCUT2D eigenvalue weighted by atomic mass is 9.64. The molecule has 1 saturated carbocycles. The summed E-state index contributed by atoms with van der Waals surface area (Å²) in [7, 11) is 1.44. The van der Waals surface area contributed by atoms with E-state index in [0.717, 1.165) is 23.7 Å². The third-order valence-electron chi connectivity index (χ3n) is 5.03. The van der Waals surface area contributed by atoms with Crippen molar-refractivity contribution in [3.8, 4) is 0 Å². The van der Waals surface area contributed by atoms with Gasteiger partial charge in [0.2, 0.25) is 0 Å². The first-order valence-corrected chi connectivity index (χ1v) is 8.45. The van der Waals surface area contributed by atoms with E-state index in [4.69, 9.17) is 4.74 Å². The first kappa shape index (κ1) is 17.0. The average molecular weight is 363 g/mol. The molecule has 2 rings (SSSR count). The van der Waals surface area contributed by atoms with Crippen LogP contribution in [0.1, 0.15) is 31.2 Å². The fourth-order valence-electron chi connectivity index (χ4n) is 3.92. The lowest BCUT2D eigenvalue weighted by Crippen LogP contribution is -2.36. The Hall–Kier alpha value is -1.35. The molecule has 0 unspecified atom stereocenters. The Balaban J connectivity index is 2.46. The molecule has 22 heavy (non-hydrogen) atoms. The SMILES string of the molecule is C=C[C@@H]1CC[C@@H](C=C)C1(CCC(=O)OC)c1ccc(Br)cc1. The molecule has 0 aliphatic heterocycles. The van der Waals surface area contributed by atoms with Gasteiger partial charge in [-0.25, -0.2) is 0 Å². The molecular formula is C19H23BrO2. The number of benzene rings is 1. The molecule has 0 saturated heterocycles. The van der Waals surface area contributed by atoms with Crippen LogP contribution in [0.25, 0.3) is 0 Å². The fraction of sp³-hybridized carbons (Fsp3) is 0.421. The van der Waals surface area contributed by atoms with Gasteiger partial charge in [0.05, 0.1) is 7.11 Å². The first-order valence-electron chi connectivity index (χ1n) is 7.66. The zero-order valence-corrected chi connectivity index (χ0v) is 14.6. The van der Waals surface area contributed by atoms with Gasteiger partial charge in [0.15, 0.2) is 0 Å². The van der Waals surface area contributed by atoms with E-state index in [1.165, 1.54) is 12.7 Å². The number of carbonyl (C=O) groups is 1. The van der Waals surface area contributed by atoms with Crippen molar-refractivity contribution in [2.75, 3.05) is 7.11 Å². The van der Waals surface area contributed by atoms with Crippen molar-refractivity contribution >= 4 is 21.9 Å². The number of hydrogen-bond acceptors (Lipinski definition) is 2. The summed E-state index contributed by atoms with van der Waals surface area (Å²) in [6, 6.07) is 8.43. The van der Waals surface area contributed by atoms with Crippen LogP contribution in [0.2, 0.25) is 0 Å². The quantitative estimate of drug-likeness (QED) is 0.523. The Kier molecular flexibility index (Phi) is 5.63. The molecule has 1 aliphatic carbocycles. The number of methoxy groups -OCH3 is 1. The Bertz CT molecular complexity index is 531. The van der Waals surface area contributed by atoms with E-state index in [9.17, 15) is 4.79 Å². The van der Waals surface area contributed by atoms with E-state index < -0.39 is 0 Å². The maximum Gasteiger partial charge on any atom is 0.305 e. The fourth-order valence-corrected chi connectivity index (χ4v) is 4.18. The van der Waals surface area contributed by atoms with Gasteiger partial charge < -0.3 is 4.74 Å². The lowest BCUT2D eigenvalue weighted by Gasteiger charge is -2.39. The van der Waals surface area contributed by atoms with Crippen LogP contribution in [0, 0.1) is 11.8 Å². The van der Waals surface area contributed by atoms with Crippen LogP contribution in [0.15, 0.2) is 54.0 Å². The molecule has 2 atom stereocenters. The van der Waals surface area contributed by atoms with Crippen molar-refractivity contribution in [3.63, 3.8) is 0 Å².